The Balaban J connectivity index is 2.09. The van der Waals surface area contributed by atoms with Gasteiger partial charge in [0.1, 0.15) is 12.7 Å². The maximum absolute atomic E-state index is 11.6. The van der Waals surface area contributed by atoms with Crippen LogP contribution in [-0.2, 0) is 9.53 Å². The van der Waals surface area contributed by atoms with Gasteiger partial charge in [0.2, 0.25) is 5.91 Å². The zero-order valence-electron chi connectivity index (χ0n) is 12.7. The number of aliphatic hydroxyl groups is 1. The second-order valence-electron chi connectivity index (χ2n) is 5.09. The van der Waals surface area contributed by atoms with Gasteiger partial charge in [-0.2, -0.15) is 0 Å². The number of rotatable bonds is 4. The number of nitrogens with zero attached hydrogens (tertiary/aromatic N) is 1. The average molecular weight is 307 g/mol. The summed E-state index contributed by atoms with van der Waals surface area (Å²) in [6, 6.07) is 6.49. The minimum absolute atomic E-state index is 0.00340. The summed E-state index contributed by atoms with van der Waals surface area (Å²) in [5.74, 6) is -0.148. The fourth-order valence-corrected chi connectivity index (χ4v) is 2.39. The number of amides is 3. The largest absolute Gasteiger partial charge is 0.394 e. The van der Waals surface area contributed by atoms with Gasteiger partial charge in [0.05, 0.1) is 12.6 Å². The van der Waals surface area contributed by atoms with Gasteiger partial charge in [0.25, 0.3) is 0 Å². The number of hydrogen-bond acceptors (Lipinski definition) is 4. The van der Waals surface area contributed by atoms with Gasteiger partial charge in [-0.3, -0.25) is 4.79 Å². The van der Waals surface area contributed by atoms with Crippen LogP contribution in [0.1, 0.15) is 18.6 Å². The van der Waals surface area contributed by atoms with Crippen LogP contribution in [0.3, 0.4) is 0 Å². The van der Waals surface area contributed by atoms with Crippen molar-refractivity contribution >= 4 is 17.6 Å². The van der Waals surface area contributed by atoms with Crippen molar-refractivity contribution in [2.75, 3.05) is 32.1 Å². The average Bonchev–Trinajstić information content (AvgIpc) is 2.51. The molecule has 1 heterocycles. The number of ether oxygens (including phenoxy) is 1. The lowest BCUT2D eigenvalue weighted by Crippen LogP contribution is -2.50. The zero-order chi connectivity index (χ0) is 16.1. The minimum Gasteiger partial charge on any atom is -0.394 e. The van der Waals surface area contributed by atoms with Gasteiger partial charge in [0, 0.05) is 19.3 Å². The second-order valence-corrected chi connectivity index (χ2v) is 5.09. The van der Waals surface area contributed by atoms with E-state index in [4.69, 9.17) is 4.74 Å². The predicted octanol–water partition coefficient (Wildman–Crippen LogP) is 0.719. The summed E-state index contributed by atoms with van der Waals surface area (Å²) >= 11 is 0. The van der Waals surface area contributed by atoms with Gasteiger partial charge >= 0.3 is 6.03 Å². The summed E-state index contributed by atoms with van der Waals surface area (Å²) in [6.45, 7) is 2.22. The van der Waals surface area contributed by atoms with Crippen LogP contribution >= 0.6 is 0 Å². The molecular formula is C15H21N3O4. The number of carbonyl (C=O) groups is 2. The molecule has 0 radical (unpaired) electrons. The van der Waals surface area contributed by atoms with Gasteiger partial charge in [-0.05, 0) is 24.6 Å². The van der Waals surface area contributed by atoms with Crippen molar-refractivity contribution in [1.29, 1.82) is 0 Å². The summed E-state index contributed by atoms with van der Waals surface area (Å²) in [6.07, 6.45) is -0.383. The minimum atomic E-state index is -0.413. The van der Waals surface area contributed by atoms with Crippen LogP contribution in [0.2, 0.25) is 0 Å². The topological polar surface area (TPSA) is 90.9 Å². The third-order valence-corrected chi connectivity index (χ3v) is 3.65. The van der Waals surface area contributed by atoms with Crippen LogP contribution < -0.4 is 10.6 Å². The summed E-state index contributed by atoms with van der Waals surface area (Å²) in [7, 11) is 1.66. The van der Waals surface area contributed by atoms with Gasteiger partial charge in [0.15, 0.2) is 0 Å². The van der Waals surface area contributed by atoms with Crippen LogP contribution in [0.5, 0.6) is 0 Å². The molecule has 0 aromatic heterocycles. The van der Waals surface area contributed by atoms with Crippen LogP contribution in [0, 0.1) is 0 Å². The number of likely N-dealkylation sites (N-methyl/N-ethyl adjacent to an activating group) is 1. The lowest BCUT2D eigenvalue weighted by Gasteiger charge is -2.38. The van der Waals surface area contributed by atoms with E-state index in [1.165, 1.54) is 4.90 Å². The first-order valence-electron chi connectivity index (χ1n) is 7.19. The Labute approximate surface area is 129 Å². The molecule has 120 valence electrons. The molecule has 1 aromatic rings. The van der Waals surface area contributed by atoms with E-state index in [-0.39, 0.29) is 31.3 Å². The van der Waals surface area contributed by atoms with Gasteiger partial charge < -0.3 is 25.4 Å². The van der Waals surface area contributed by atoms with Crippen molar-refractivity contribution in [3.8, 4) is 0 Å². The van der Waals surface area contributed by atoms with E-state index < -0.39 is 6.04 Å². The molecule has 3 N–H and O–H groups in total. The highest BCUT2D eigenvalue weighted by atomic mass is 16.5. The lowest BCUT2D eigenvalue weighted by molar-refractivity contribution is -0.157. The number of aliphatic hydroxyl groups excluding tert-OH is 1. The summed E-state index contributed by atoms with van der Waals surface area (Å²) in [5, 5.41) is 14.9. The number of nitrogens with one attached hydrogen (secondary N) is 2. The van der Waals surface area contributed by atoms with E-state index >= 15 is 0 Å². The number of carbonyl (C=O) groups excluding carboxylic acids is 2. The molecule has 1 aromatic carbocycles. The molecule has 0 saturated carbocycles. The molecule has 2 atom stereocenters. The summed E-state index contributed by atoms with van der Waals surface area (Å²) < 4.78 is 5.56. The molecule has 1 fully saturated rings. The molecule has 0 unspecified atom stereocenters. The fraction of sp³-hybridized carbons (Fsp3) is 0.467. The maximum atomic E-state index is 11.6. The number of morpholine rings is 1. The SMILES string of the molecule is CCNC(=O)Nc1ccc([C@H]2OCC(=O)N(C)[C@@H]2CO)cc1. The Bertz CT molecular complexity index is 532. The van der Waals surface area contributed by atoms with Gasteiger partial charge in [-0.15, -0.1) is 0 Å². The van der Waals surface area contributed by atoms with Crippen molar-refractivity contribution in [2.24, 2.45) is 0 Å². The molecule has 2 rings (SSSR count). The fourth-order valence-electron chi connectivity index (χ4n) is 2.39. The van der Waals surface area contributed by atoms with Crippen molar-refractivity contribution in [3.05, 3.63) is 29.8 Å². The van der Waals surface area contributed by atoms with E-state index in [0.29, 0.717) is 12.2 Å². The van der Waals surface area contributed by atoms with Crippen LogP contribution in [0.4, 0.5) is 10.5 Å². The summed E-state index contributed by atoms with van der Waals surface area (Å²) in [4.78, 5) is 24.6. The number of benzene rings is 1. The molecular weight excluding hydrogens is 286 g/mol. The Morgan fingerprint density at radius 1 is 1.41 bits per heavy atom. The highest BCUT2D eigenvalue weighted by Crippen LogP contribution is 2.28. The van der Waals surface area contributed by atoms with E-state index in [1.54, 1.807) is 19.2 Å². The number of urea groups is 1. The van der Waals surface area contributed by atoms with Gasteiger partial charge in [-0.1, -0.05) is 12.1 Å². The third-order valence-electron chi connectivity index (χ3n) is 3.65. The quantitative estimate of drug-likeness (QED) is 0.764. The second kappa shape index (κ2) is 7.24. The third kappa shape index (κ3) is 3.55. The molecule has 7 heteroatoms. The molecule has 22 heavy (non-hydrogen) atoms. The van der Waals surface area contributed by atoms with E-state index in [1.807, 2.05) is 19.1 Å². The van der Waals surface area contributed by atoms with Gasteiger partial charge in [-0.25, -0.2) is 4.79 Å². The lowest BCUT2D eigenvalue weighted by atomic mass is 9.99. The highest BCUT2D eigenvalue weighted by Gasteiger charge is 2.34. The molecule has 1 saturated heterocycles. The Morgan fingerprint density at radius 3 is 2.68 bits per heavy atom. The van der Waals surface area contributed by atoms with Crippen molar-refractivity contribution in [2.45, 2.75) is 19.1 Å². The van der Waals surface area contributed by atoms with Crippen LogP contribution in [0.15, 0.2) is 24.3 Å². The van der Waals surface area contributed by atoms with Crippen molar-refractivity contribution in [3.63, 3.8) is 0 Å². The standard InChI is InChI=1S/C15H21N3O4/c1-3-16-15(21)17-11-6-4-10(5-7-11)14-12(8-19)18(2)13(20)9-22-14/h4-7,12,14,19H,3,8-9H2,1-2H3,(H2,16,17,21)/t12-,14-/m1/s1. The number of hydrogen-bond donors (Lipinski definition) is 3. The maximum Gasteiger partial charge on any atom is 0.319 e. The van der Waals surface area contributed by atoms with Crippen molar-refractivity contribution < 1.29 is 19.4 Å². The molecule has 3 amide bonds. The van der Waals surface area contributed by atoms with Crippen molar-refractivity contribution in [1.82, 2.24) is 10.2 Å². The van der Waals surface area contributed by atoms with E-state index in [0.717, 1.165) is 5.56 Å². The summed E-state index contributed by atoms with van der Waals surface area (Å²) in [5.41, 5.74) is 1.51. The smallest absolute Gasteiger partial charge is 0.319 e. The van der Waals surface area contributed by atoms with Crippen LogP contribution in [0.25, 0.3) is 0 Å². The first kappa shape index (κ1) is 16.3. The first-order valence-corrected chi connectivity index (χ1v) is 7.19. The van der Waals surface area contributed by atoms with Crippen LogP contribution in [-0.4, -0.2) is 54.8 Å². The molecule has 1 aliphatic rings. The molecule has 1 aliphatic heterocycles. The molecule has 7 nitrogen and oxygen atoms in total. The van der Waals surface area contributed by atoms with E-state index in [2.05, 4.69) is 10.6 Å². The monoisotopic (exact) mass is 307 g/mol. The Kier molecular flexibility index (Phi) is 5.35. The molecule has 0 spiro atoms. The predicted molar refractivity (Wildman–Crippen MR) is 81.5 cm³/mol. The highest BCUT2D eigenvalue weighted by molar-refractivity contribution is 5.89. The number of anilines is 1. The molecule has 0 aliphatic carbocycles. The Hall–Kier alpha value is -2.12. The normalized spacial score (nSPS) is 21.6. The first-order chi connectivity index (χ1) is 10.6. The Morgan fingerprint density at radius 2 is 2.09 bits per heavy atom. The molecule has 0 bridgehead atoms. The van der Waals surface area contributed by atoms with E-state index in [9.17, 15) is 14.7 Å². The zero-order valence-corrected chi connectivity index (χ0v) is 12.7.